The Morgan fingerprint density at radius 1 is 1.18 bits per heavy atom. The number of ether oxygens (including phenoxy) is 1. The molecule has 5 rings (SSSR count). The molecule has 0 unspecified atom stereocenters. The summed E-state index contributed by atoms with van der Waals surface area (Å²) in [5, 5.41) is 13.0. The minimum atomic E-state index is -4.46. The number of benzene rings is 2. The Bertz CT molecular complexity index is 1530. The highest BCUT2D eigenvalue weighted by atomic mass is 19.4. The van der Waals surface area contributed by atoms with E-state index >= 15 is 0 Å². The number of nitrogens with zero attached hydrogens (tertiary/aromatic N) is 4. The van der Waals surface area contributed by atoms with Crippen LogP contribution in [0.25, 0.3) is 22.6 Å². The topological polar surface area (TPSA) is 128 Å². The number of aromatic carboxylic acids is 1. The predicted octanol–water partition coefficient (Wildman–Crippen LogP) is 5.45. The number of nitrogen functional groups attached to an aromatic ring is 1. The second-order valence-corrected chi connectivity index (χ2v) is 9.71. The van der Waals surface area contributed by atoms with E-state index in [2.05, 4.69) is 20.3 Å². The summed E-state index contributed by atoms with van der Waals surface area (Å²) in [4.78, 5) is 25.0. The molecule has 1 saturated carbocycles. The number of alkyl halides is 3. The maximum absolute atomic E-state index is 13.2. The van der Waals surface area contributed by atoms with Gasteiger partial charge >= 0.3 is 12.1 Å². The van der Waals surface area contributed by atoms with Gasteiger partial charge in [-0.2, -0.15) is 13.2 Å². The van der Waals surface area contributed by atoms with Crippen LogP contribution in [0, 0.1) is 5.92 Å². The van der Waals surface area contributed by atoms with Crippen molar-refractivity contribution in [2.75, 3.05) is 18.2 Å². The number of anilines is 2. The van der Waals surface area contributed by atoms with Crippen molar-refractivity contribution in [1.29, 1.82) is 0 Å². The molecule has 1 aliphatic rings. The van der Waals surface area contributed by atoms with E-state index in [9.17, 15) is 23.1 Å². The standard InChI is InChI=1S/C27H27F3N6O3/c1-14(16-4-3-5-16)32-22-21-23(34-24(33-22)26(37)38)35-25(17-10-19(31)12-20(11-17)39-2)36(21)13-15-6-8-18(9-7-15)27(28,29)30/h6-12,14,16H,3-5,13,31H2,1-2H3,(H,37,38)(H,32,33,34)/t14-/m1/s1. The molecule has 2 aromatic carbocycles. The molecule has 4 N–H and O–H groups in total. The molecule has 204 valence electrons. The van der Waals surface area contributed by atoms with Gasteiger partial charge in [-0.25, -0.2) is 19.7 Å². The monoisotopic (exact) mass is 540 g/mol. The average molecular weight is 541 g/mol. The molecular weight excluding hydrogens is 513 g/mol. The Hall–Kier alpha value is -4.35. The molecule has 2 heterocycles. The van der Waals surface area contributed by atoms with Crippen LogP contribution >= 0.6 is 0 Å². The van der Waals surface area contributed by atoms with Gasteiger partial charge in [0.05, 0.1) is 12.7 Å². The second-order valence-electron chi connectivity index (χ2n) is 9.71. The number of methoxy groups -OCH3 is 1. The number of carboxylic acids is 1. The normalized spacial score (nSPS) is 14.7. The largest absolute Gasteiger partial charge is 0.497 e. The summed E-state index contributed by atoms with van der Waals surface area (Å²) < 4.78 is 46.6. The first-order valence-corrected chi connectivity index (χ1v) is 12.4. The fraction of sp³-hybridized carbons (Fsp3) is 0.333. The van der Waals surface area contributed by atoms with Gasteiger partial charge in [-0.15, -0.1) is 0 Å². The molecule has 12 heteroatoms. The lowest BCUT2D eigenvalue weighted by atomic mass is 9.80. The Kier molecular flexibility index (Phi) is 6.79. The fourth-order valence-electron chi connectivity index (χ4n) is 4.73. The molecule has 0 amide bonds. The summed E-state index contributed by atoms with van der Waals surface area (Å²) in [5.74, 6) is -0.160. The highest BCUT2D eigenvalue weighted by Gasteiger charge is 2.30. The summed E-state index contributed by atoms with van der Waals surface area (Å²) in [7, 11) is 1.50. The molecule has 1 fully saturated rings. The van der Waals surface area contributed by atoms with Crippen molar-refractivity contribution in [1.82, 2.24) is 19.5 Å². The molecule has 2 aromatic heterocycles. The number of imidazole rings is 1. The van der Waals surface area contributed by atoms with E-state index in [1.807, 2.05) is 6.92 Å². The van der Waals surface area contributed by atoms with Crippen molar-refractivity contribution in [3.8, 4) is 17.1 Å². The lowest BCUT2D eigenvalue weighted by Gasteiger charge is -2.32. The number of carbonyl (C=O) groups is 1. The average Bonchev–Trinajstić information content (AvgIpc) is 3.20. The molecule has 0 radical (unpaired) electrons. The van der Waals surface area contributed by atoms with E-state index in [1.165, 1.54) is 19.2 Å². The number of nitrogens with two attached hydrogens (primary N) is 1. The fourth-order valence-corrected chi connectivity index (χ4v) is 4.73. The van der Waals surface area contributed by atoms with Crippen LogP contribution in [-0.2, 0) is 12.7 Å². The lowest BCUT2D eigenvalue weighted by Crippen LogP contribution is -2.31. The first kappa shape index (κ1) is 26.3. The smallest absolute Gasteiger partial charge is 0.416 e. The molecule has 0 aliphatic heterocycles. The van der Waals surface area contributed by atoms with Gasteiger partial charge in [0.15, 0.2) is 11.5 Å². The van der Waals surface area contributed by atoms with Gasteiger partial charge in [0.1, 0.15) is 17.1 Å². The number of fused-ring (bicyclic) bond motifs is 1. The van der Waals surface area contributed by atoms with Crippen LogP contribution in [0.3, 0.4) is 0 Å². The van der Waals surface area contributed by atoms with Crippen molar-refractivity contribution in [3.63, 3.8) is 0 Å². The first-order valence-electron chi connectivity index (χ1n) is 12.4. The summed E-state index contributed by atoms with van der Waals surface area (Å²) in [6.07, 6.45) is -1.23. The van der Waals surface area contributed by atoms with Gasteiger partial charge < -0.3 is 25.5 Å². The zero-order valence-corrected chi connectivity index (χ0v) is 21.3. The molecule has 9 nitrogen and oxygen atoms in total. The third-order valence-electron chi connectivity index (χ3n) is 7.06. The van der Waals surface area contributed by atoms with Crippen LogP contribution < -0.4 is 15.8 Å². The van der Waals surface area contributed by atoms with E-state index in [-0.39, 0.29) is 18.2 Å². The van der Waals surface area contributed by atoms with Gasteiger partial charge in [-0.05, 0) is 55.5 Å². The summed E-state index contributed by atoms with van der Waals surface area (Å²) in [5.41, 5.74) is 7.45. The number of rotatable bonds is 8. The van der Waals surface area contributed by atoms with Crippen molar-refractivity contribution >= 4 is 28.6 Å². The minimum Gasteiger partial charge on any atom is -0.497 e. The minimum absolute atomic E-state index is 0.00354. The number of hydrogen-bond donors (Lipinski definition) is 3. The van der Waals surface area contributed by atoms with Gasteiger partial charge in [-0.3, -0.25) is 0 Å². The maximum atomic E-state index is 13.2. The third kappa shape index (κ3) is 5.31. The molecule has 1 aliphatic carbocycles. The van der Waals surface area contributed by atoms with Gasteiger partial charge in [0.2, 0.25) is 5.82 Å². The molecular formula is C27H27F3N6O3. The Balaban J connectivity index is 1.70. The number of hydrogen-bond acceptors (Lipinski definition) is 7. The molecule has 4 aromatic rings. The first-order chi connectivity index (χ1) is 18.5. The molecule has 1 atom stereocenters. The number of aromatic nitrogens is 4. The van der Waals surface area contributed by atoms with E-state index in [4.69, 9.17) is 10.5 Å². The number of nitrogens with one attached hydrogen (secondary N) is 1. The SMILES string of the molecule is COc1cc(N)cc(-c2nc3nc(C(=O)O)nc(N[C@H](C)C4CCC4)c3n2Cc2ccc(C(F)(F)F)cc2)c1. The van der Waals surface area contributed by atoms with Crippen LogP contribution in [0.4, 0.5) is 24.7 Å². The van der Waals surface area contributed by atoms with Crippen LogP contribution in [0.5, 0.6) is 5.75 Å². The van der Waals surface area contributed by atoms with Gasteiger partial charge in [-0.1, -0.05) is 18.6 Å². The van der Waals surface area contributed by atoms with Crippen LogP contribution in [0.1, 0.15) is 47.9 Å². The maximum Gasteiger partial charge on any atom is 0.416 e. The Labute approximate surface area is 221 Å². The summed E-state index contributed by atoms with van der Waals surface area (Å²) in [6.45, 7) is 2.13. The lowest BCUT2D eigenvalue weighted by molar-refractivity contribution is -0.137. The quantitative estimate of drug-likeness (QED) is 0.252. The molecule has 0 saturated heterocycles. The third-order valence-corrected chi connectivity index (χ3v) is 7.06. The summed E-state index contributed by atoms with van der Waals surface area (Å²) in [6, 6.07) is 9.89. The molecule has 0 spiro atoms. The zero-order valence-electron chi connectivity index (χ0n) is 21.3. The van der Waals surface area contributed by atoms with Crippen molar-refractivity contribution < 1.29 is 27.8 Å². The Morgan fingerprint density at radius 3 is 2.49 bits per heavy atom. The highest BCUT2D eigenvalue weighted by molar-refractivity contribution is 5.92. The van der Waals surface area contributed by atoms with Crippen molar-refractivity contribution in [2.24, 2.45) is 5.92 Å². The molecule has 0 bridgehead atoms. The summed E-state index contributed by atoms with van der Waals surface area (Å²) >= 11 is 0. The van der Waals surface area contributed by atoms with Gasteiger partial charge in [0.25, 0.3) is 0 Å². The van der Waals surface area contributed by atoms with E-state index in [0.29, 0.717) is 45.6 Å². The Morgan fingerprint density at radius 2 is 1.90 bits per heavy atom. The molecule has 39 heavy (non-hydrogen) atoms. The second kappa shape index (κ2) is 10.1. The van der Waals surface area contributed by atoms with E-state index < -0.39 is 23.5 Å². The van der Waals surface area contributed by atoms with Crippen molar-refractivity contribution in [2.45, 2.75) is 44.9 Å². The van der Waals surface area contributed by atoms with Crippen LogP contribution in [-0.4, -0.2) is 43.7 Å². The number of halogens is 3. The zero-order chi connectivity index (χ0) is 27.9. The van der Waals surface area contributed by atoms with Gasteiger partial charge in [0, 0.05) is 29.9 Å². The number of carboxylic acid groups (broad SMARTS) is 1. The van der Waals surface area contributed by atoms with E-state index in [1.54, 1.807) is 22.8 Å². The highest BCUT2D eigenvalue weighted by Crippen LogP contribution is 2.35. The van der Waals surface area contributed by atoms with E-state index in [0.717, 1.165) is 31.4 Å². The van der Waals surface area contributed by atoms with Crippen LogP contribution in [0.2, 0.25) is 0 Å². The predicted molar refractivity (Wildman–Crippen MR) is 140 cm³/mol. The van der Waals surface area contributed by atoms with Crippen molar-refractivity contribution in [3.05, 3.63) is 59.4 Å². The van der Waals surface area contributed by atoms with Crippen LogP contribution in [0.15, 0.2) is 42.5 Å².